The number of hydrogen-bond donors (Lipinski definition) is 3. The van der Waals surface area contributed by atoms with Crippen molar-refractivity contribution >= 4 is 24.3 Å². The predicted octanol–water partition coefficient (Wildman–Crippen LogP) is -0.0669. The molecule has 5 nitrogen and oxygen atoms in total. The quantitative estimate of drug-likeness (QED) is 0.515. The molecule has 0 aromatic heterocycles. The van der Waals surface area contributed by atoms with Gasteiger partial charge >= 0.3 is 0 Å². The van der Waals surface area contributed by atoms with Gasteiger partial charge < -0.3 is 11.5 Å². The second kappa shape index (κ2) is 4.13. The van der Waals surface area contributed by atoms with Crippen molar-refractivity contribution in [3.63, 3.8) is 0 Å². The van der Waals surface area contributed by atoms with E-state index in [-0.39, 0.29) is 29.9 Å². The summed E-state index contributed by atoms with van der Waals surface area (Å²) in [5.74, 6) is 0.536. The third-order valence-corrected chi connectivity index (χ3v) is 1.36. The van der Waals surface area contributed by atoms with Crippen molar-refractivity contribution in [1.82, 2.24) is 5.32 Å². The van der Waals surface area contributed by atoms with Gasteiger partial charge in [-0.3, -0.25) is 5.32 Å². The molecule has 0 radical (unpaired) electrons. The standard InChI is InChI=1S/C7H13N5.ClH/c1-7(2)3-4-10-5(8)11-6(9)12-7;/h3-4H,1-2H3,(H5,8,9,10,11,12);1H. The van der Waals surface area contributed by atoms with E-state index in [1.807, 2.05) is 19.9 Å². The molecule has 1 heterocycles. The minimum absolute atomic E-state index is 0. The van der Waals surface area contributed by atoms with Gasteiger partial charge in [-0.1, -0.05) is 0 Å². The van der Waals surface area contributed by atoms with Crippen LogP contribution in [0.3, 0.4) is 0 Å². The molecule has 1 rings (SSSR count). The summed E-state index contributed by atoms with van der Waals surface area (Å²) in [7, 11) is 0. The largest absolute Gasteiger partial charge is 0.370 e. The molecule has 1 aliphatic rings. The minimum Gasteiger partial charge on any atom is -0.370 e. The van der Waals surface area contributed by atoms with Crippen LogP contribution in [0.4, 0.5) is 0 Å². The summed E-state index contributed by atoms with van der Waals surface area (Å²) in [6.45, 7) is 3.85. The molecular weight excluding hydrogens is 190 g/mol. The van der Waals surface area contributed by atoms with Crippen LogP contribution in [0.5, 0.6) is 0 Å². The van der Waals surface area contributed by atoms with Crippen LogP contribution in [-0.2, 0) is 0 Å². The molecule has 0 aliphatic carbocycles. The number of nitrogens with zero attached hydrogens (tertiary/aromatic N) is 2. The van der Waals surface area contributed by atoms with E-state index in [4.69, 9.17) is 11.5 Å². The van der Waals surface area contributed by atoms with Gasteiger partial charge in [0.05, 0.1) is 5.54 Å². The van der Waals surface area contributed by atoms with Crippen LogP contribution < -0.4 is 16.8 Å². The Bertz CT molecular complexity index is 266. The summed E-state index contributed by atoms with van der Waals surface area (Å²) in [5.41, 5.74) is 10.6. The lowest BCUT2D eigenvalue weighted by Crippen LogP contribution is -2.43. The van der Waals surface area contributed by atoms with Crippen LogP contribution >= 0.6 is 12.4 Å². The van der Waals surface area contributed by atoms with Gasteiger partial charge in [-0.15, -0.1) is 12.4 Å². The van der Waals surface area contributed by atoms with E-state index in [1.165, 1.54) is 0 Å². The topological polar surface area (TPSA) is 88.8 Å². The van der Waals surface area contributed by atoms with E-state index in [2.05, 4.69) is 15.3 Å². The zero-order chi connectivity index (χ0) is 9.19. The molecule has 1 aliphatic heterocycles. The molecule has 74 valence electrons. The van der Waals surface area contributed by atoms with Gasteiger partial charge in [0.15, 0.2) is 11.9 Å². The summed E-state index contributed by atoms with van der Waals surface area (Å²) < 4.78 is 0. The summed E-state index contributed by atoms with van der Waals surface area (Å²) in [4.78, 5) is 8.03. The Labute approximate surface area is 83.4 Å². The number of guanidine groups is 2. The highest BCUT2D eigenvalue weighted by Crippen LogP contribution is 2.10. The first-order valence-corrected chi connectivity index (χ1v) is 3.63. The van der Waals surface area contributed by atoms with E-state index in [1.54, 1.807) is 6.20 Å². The monoisotopic (exact) mass is 203 g/mol. The molecular formula is C7H14ClN5. The third kappa shape index (κ3) is 3.80. The van der Waals surface area contributed by atoms with E-state index in [9.17, 15) is 0 Å². The van der Waals surface area contributed by atoms with Crippen molar-refractivity contribution in [2.75, 3.05) is 0 Å². The molecule has 0 atom stereocenters. The fourth-order valence-corrected chi connectivity index (χ4v) is 0.839. The van der Waals surface area contributed by atoms with Crippen molar-refractivity contribution in [1.29, 1.82) is 0 Å². The fraction of sp³-hybridized carbons (Fsp3) is 0.429. The molecule has 0 bridgehead atoms. The Morgan fingerprint density at radius 1 is 1.31 bits per heavy atom. The Morgan fingerprint density at radius 2 is 1.92 bits per heavy atom. The van der Waals surface area contributed by atoms with Crippen molar-refractivity contribution in [2.45, 2.75) is 19.4 Å². The summed E-state index contributed by atoms with van der Waals surface area (Å²) in [6.07, 6.45) is 3.44. The minimum atomic E-state index is -0.332. The highest BCUT2D eigenvalue weighted by molar-refractivity contribution is 5.97. The number of nitrogens with two attached hydrogens (primary N) is 2. The van der Waals surface area contributed by atoms with Crippen molar-refractivity contribution in [3.05, 3.63) is 12.3 Å². The molecule has 0 saturated carbocycles. The first-order chi connectivity index (χ1) is 5.49. The summed E-state index contributed by atoms with van der Waals surface area (Å²) >= 11 is 0. The predicted molar refractivity (Wildman–Crippen MR) is 56.8 cm³/mol. The van der Waals surface area contributed by atoms with Crippen LogP contribution in [0.25, 0.3) is 0 Å². The molecule has 5 N–H and O–H groups in total. The molecule has 0 saturated heterocycles. The maximum atomic E-state index is 5.51. The van der Waals surface area contributed by atoms with Crippen molar-refractivity contribution in [3.8, 4) is 0 Å². The van der Waals surface area contributed by atoms with Gasteiger partial charge in [-0.05, 0) is 19.9 Å². The Kier molecular flexibility index (Phi) is 3.74. The van der Waals surface area contributed by atoms with Crippen LogP contribution in [-0.4, -0.2) is 17.5 Å². The van der Waals surface area contributed by atoms with E-state index in [0.717, 1.165) is 0 Å². The smallest absolute Gasteiger partial charge is 0.200 e. The zero-order valence-corrected chi connectivity index (χ0v) is 8.43. The SMILES string of the molecule is CC1(C)C=CN=C(N)NC(N)=N1.Cl. The van der Waals surface area contributed by atoms with Gasteiger partial charge in [0, 0.05) is 6.20 Å². The fourth-order valence-electron chi connectivity index (χ4n) is 0.839. The van der Waals surface area contributed by atoms with Crippen LogP contribution in [0.15, 0.2) is 22.3 Å². The maximum Gasteiger partial charge on any atom is 0.200 e. The maximum absolute atomic E-state index is 5.51. The molecule has 13 heavy (non-hydrogen) atoms. The average molecular weight is 204 g/mol. The second-order valence-electron chi connectivity index (χ2n) is 3.11. The molecule has 0 amide bonds. The molecule has 0 unspecified atom stereocenters. The lowest BCUT2D eigenvalue weighted by Gasteiger charge is -2.17. The number of nitrogens with one attached hydrogen (secondary N) is 1. The Hall–Kier alpha value is -1.23. The number of rotatable bonds is 0. The van der Waals surface area contributed by atoms with Gasteiger partial charge in [0.2, 0.25) is 0 Å². The first kappa shape index (κ1) is 11.8. The van der Waals surface area contributed by atoms with Crippen LogP contribution in [0.2, 0.25) is 0 Å². The van der Waals surface area contributed by atoms with E-state index >= 15 is 0 Å². The number of aliphatic imine (C=N–C) groups is 2. The van der Waals surface area contributed by atoms with Crippen molar-refractivity contribution < 1.29 is 0 Å². The Balaban J connectivity index is 0.00000144. The average Bonchev–Trinajstić information content (AvgIpc) is 1.81. The molecule has 6 heteroatoms. The van der Waals surface area contributed by atoms with Gasteiger partial charge in [0.25, 0.3) is 0 Å². The first-order valence-electron chi connectivity index (χ1n) is 3.63. The zero-order valence-electron chi connectivity index (χ0n) is 7.61. The molecule has 0 fully saturated rings. The Morgan fingerprint density at radius 3 is 2.54 bits per heavy atom. The van der Waals surface area contributed by atoms with Gasteiger partial charge in [0.1, 0.15) is 0 Å². The lowest BCUT2D eigenvalue weighted by molar-refractivity contribution is 0.650. The molecule has 0 spiro atoms. The number of hydrogen-bond acceptors (Lipinski definition) is 5. The van der Waals surface area contributed by atoms with E-state index < -0.39 is 0 Å². The van der Waals surface area contributed by atoms with Crippen LogP contribution in [0.1, 0.15) is 13.8 Å². The highest BCUT2D eigenvalue weighted by Gasteiger charge is 2.13. The van der Waals surface area contributed by atoms with Gasteiger partial charge in [-0.25, -0.2) is 9.98 Å². The second-order valence-corrected chi connectivity index (χ2v) is 3.11. The lowest BCUT2D eigenvalue weighted by atomic mass is 10.1. The normalized spacial score (nSPS) is 19.8. The van der Waals surface area contributed by atoms with E-state index in [0.29, 0.717) is 0 Å². The number of halogens is 1. The molecule has 0 aromatic carbocycles. The summed E-state index contributed by atoms with van der Waals surface area (Å²) in [5, 5.41) is 2.64. The third-order valence-electron chi connectivity index (χ3n) is 1.36. The highest BCUT2D eigenvalue weighted by atomic mass is 35.5. The van der Waals surface area contributed by atoms with Crippen molar-refractivity contribution in [2.24, 2.45) is 21.5 Å². The van der Waals surface area contributed by atoms with Crippen LogP contribution in [0, 0.1) is 0 Å². The summed E-state index contributed by atoms with van der Waals surface area (Å²) in [6, 6.07) is 0. The molecule has 0 aromatic rings. The van der Waals surface area contributed by atoms with Gasteiger partial charge in [-0.2, -0.15) is 0 Å².